The molecule has 0 spiro atoms. The highest BCUT2D eigenvalue weighted by Gasteiger charge is 2.64. The van der Waals surface area contributed by atoms with Gasteiger partial charge in [-0.05, 0) is 6.42 Å². The summed E-state index contributed by atoms with van der Waals surface area (Å²) in [6.45, 7) is -1.01. The summed E-state index contributed by atoms with van der Waals surface area (Å²) in [5.74, 6) is -2.24. The molecule has 3 amide bonds. The number of nitrogens with zero attached hydrogens (tertiary/aromatic N) is 1. The van der Waals surface area contributed by atoms with Crippen LogP contribution >= 0.6 is 0 Å². The van der Waals surface area contributed by atoms with E-state index in [1.807, 2.05) is 0 Å². The Balaban J connectivity index is 2.02. The topological polar surface area (TPSA) is 98.7 Å². The molecule has 2 aliphatic heterocycles. The highest BCUT2D eigenvalue weighted by molar-refractivity contribution is 5.83. The van der Waals surface area contributed by atoms with Gasteiger partial charge in [-0.25, -0.2) is 4.79 Å². The van der Waals surface area contributed by atoms with Crippen molar-refractivity contribution in [2.24, 2.45) is 5.41 Å². The fourth-order valence-corrected chi connectivity index (χ4v) is 2.48. The Bertz CT molecular complexity index is 482. The van der Waals surface area contributed by atoms with E-state index in [0.29, 0.717) is 0 Å². The van der Waals surface area contributed by atoms with Crippen LogP contribution in [-0.4, -0.2) is 59.8 Å². The maximum Gasteiger partial charge on any atom is 0.406 e. The van der Waals surface area contributed by atoms with E-state index in [0.717, 1.165) is 4.90 Å². The number of urea groups is 1. The molecule has 0 saturated carbocycles. The molecular weight excluding hydrogens is 295 g/mol. The molecule has 2 heterocycles. The summed E-state index contributed by atoms with van der Waals surface area (Å²) in [6.07, 6.45) is -5.55. The van der Waals surface area contributed by atoms with Gasteiger partial charge in [0.05, 0.1) is 6.04 Å². The third-order valence-corrected chi connectivity index (χ3v) is 3.81. The van der Waals surface area contributed by atoms with Gasteiger partial charge in [0.1, 0.15) is 0 Å². The van der Waals surface area contributed by atoms with Gasteiger partial charge in [0.2, 0.25) is 5.91 Å². The highest BCUT2D eigenvalue weighted by atomic mass is 19.4. The van der Waals surface area contributed by atoms with E-state index in [-0.39, 0.29) is 25.4 Å². The van der Waals surface area contributed by atoms with Crippen LogP contribution in [0, 0.1) is 5.41 Å². The molecule has 21 heavy (non-hydrogen) atoms. The van der Waals surface area contributed by atoms with Crippen LogP contribution in [0.1, 0.15) is 12.8 Å². The van der Waals surface area contributed by atoms with E-state index in [4.69, 9.17) is 5.11 Å². The number of nitrogens with one attached hydrogen (secondary N) is 2. The van der Waals surface area contributed by atoms with Gasteiger partial charge < -0.3 is 20.6 Å². The Morgan fingerprint density at radius 3 is 2.52 bits per heavy atom. The van der Waals surface area contributed by atoms with Gasteiger partial charge in [-0.15, -0.1) is 0 Å². The summed E-state index contributed by atoms with van der Waals surface area (Å²) in [7, 11) is 0. The van der Waals surface area contributed by atoms with E-state index in [1.165, 1.54) is 0 Å². The van der Waals surface area contributed by atoms with E-state index in [2.05, 4.69) is 10.6 Å². The molecule has 0 aromatic rings. The molecule has 0 radical (unpaired) electrons. The first-order valence-electron chi connectivity index (χ1n) is 6.28. The van der Waals surface area contributed by atoms with Crippen LogP contribution in [0.2, 0.25) is 0 Å². The molecule has 2 saturated heterocycles. The number of carboxylic acid groups (broad SMARTS) is 1. The standard InChI is InChI=1S/C11H14F3N3O4/c12-11(13,14)10(8(19)20)1-2-17(5-10)9(21)16-6-3-7(18)15-4-6/h6H,1-5H2,(H,15,18)(H,16,21)(H,19,20). The molecular formula is C11H14F3N3O4. The van der Waals surface area contributed by atoms with Crippen molar-refractivity contribution in [1.82, 2.24) is 15.5 Å². The van der Waals surface area contributed by atoms with Crippen molar-refractivity contribution < 1.29 is 32.7 Å². The number of carbonyl (C=O) groups excluding carboxylic acids is 2. The summed E-state index contributed by atoms with van der Waals surface area (Å²) < 4.78 is 38.9. The average Bonchev–Trinajstić information content (AvgIpc) is 2.95. The zero-order chi connectivity index (χ0) is 15.8. The lowest BCUT2D eigenvalue weighted by Crippen LogP contribution is -2.50. The molecule has 0 aliphatic carbocycles. The predicted molar refractivity (Wildman–Crippen MR) is 62.3 cm³/mol. The van der Waals surface area contributed by atoms with E-state index < -0.39 is 42.6 Å². The second-order valence-electron chi connectivity index (χ2n) is 5.21. The quantitative estimate of drug-likeness (QED) is 0.664. The Morgan fingerprint density at radius 1 is 1.43 bits per heavy atom. The maximum atomic E-state index is 13.0. The normalized spacial score (nSPS) is 29.4. The van der Waals surface area contributed by atoms with Gasteiger partial charge in [0.25, 0.3) is 0 Å². The van der Waals surface area contributed by atoms with E-state index in [9.17, 15) is 27.6 Å². The van der Waals surface area contributed by atoms with E-state index in [1.54, 1.807) is 0 Å². The van der Waals surface area contributed by atoms with Gasteiger partial charge in [0, 0.05) is 26.1 Å². The van der Waals surface area contributed by atoms with Crippen molar-refractivity contribution >= 4 is 17.9 Å². The van der Waals surface area contributed by atoms with Crippen LogP contribution in [0.25, 0.3) is 0 Å². The molecule has 0 aromatic heterocycles. The van der Waals surface area contributed by atoms with Crippen molar-refractivity contribution in [2.75, 3.05) is 19.6 Å². The minimum atomic E-state index is -4.93. The first-order valence-corrected chi connectivity index (χ1v) is 6.28. The second kappa shape index (κ2) is 5.08. The number of hydrogen-bond donors (Lipinski definition) is 3. The number of likely N-dealkylation sites (tertiary alicyclic amines) is 1. The van der Waals surface area contributed by atoms with Gasteiger partial charge in [-0.2, -0.15) is 13.2 Å². The van der Waals surface area contributed by atoms with E-state index >= 15 is 0 Å². The predicted octanol–water partition coefficient (Wildman–Crippen LogP) is -0.0765. The fraction of sp³-hybridized carbons (Fsp3) is 0.727. The Kier molecular flexibility index (Phi) is 3.72. The number of halogens is 3. The third kappa shape index (κ3) is 2.74. The number of carboxylic acids is 1. The van der Waals surface area contributed by atoms with Crippen LogP contribution in [0.5, 0.6) is 0 Å². The van der Waals surface area contributed by atoms with Gasteiger partial charge in [-0.1, -0.05) is 0 Å². The lowest BCUT2D eigenvalue weighted by Gasteiger charge is -2.27. The zero-order valence-corrected chi connectivity index (χ0v) is 10.9. The number of aliphatic carboxylic acids is 1. The molecule has 7 nitrogen and oxygen atoms in total. The monoisotopic (exact) mass is 309 g/mol. The number of alkyl halides is 3. The lowest BCUT2D eigenvalue weighted by molar-refractivity contribution is -0.227. The summed E-state index contributed by atoms with van der Waals surface area (Å²) in [4.78, 5) is 34.7. The minimum Gasteiger partial charge on any atom is -0.481 e. The summed E-state index contributed by atoms with van der Waals surface area (Å²) in [5.41, 5.74) is -2.92. The molecule has 2 rings (SSSR count). The molecule has 2 atom stereocenters. The zero-order valence-electron chi connectivity index (χ0n) is 10.9. The highest BCUT2D eigenvalue weighted by Crippen LogP contribution is 2.45. The molecule has 2 aliphatic rings. The molecule has 2 fully saturated rings. The number of carbonyl (C=O) groups is 3. The Morgan fingerprint density at radius 2 is 2.10 bits per heavy atom. The largest absolute Gasteiger partial charge is 0.481 e. The van der Waals surface area contributed by atoms with Gasteiger partial charge in [-0.3, -0.25) is 9.59 Å². The molecule has 2 unspecified atom stereocenters. The Labute approximate surface area is 117 Å². The van der Waals surface area contributed by atoms with Crippen molar-refractivity contribution in [2.45, 2.75) is 25.1 Å². The van der Waals surface area contributed by atoms with Crippen LogP contribution in [0.3, 0.4) is 0 Å². The minimum absolute atomic E-state index is 0.0585. The first kappa shape index (κ1) is 15.4. The average molecular weight is 309 g/mol. The molecule has 0 bridgehead atoms. The maximum absolute atomic E-state index is 13.0. The van der Waals surface area contributed by atoms with Crippen LogP contribution in [-0.2, 0) is 9.59 Å². The molecule has 118 valence electrons. The SMILES string of the molecule is O=C1CC(NC(=O)N2CCC(C(=O)O)(C(F)(F)F)C2)CN1. The third-order valence-electron chi connectivity index (χ3n) is 3.81. The van der Waals surface area contributed by atoms with Gasteiger partial charge >= 0.3 is 18.2 Å². The van der Waals surface area contributed by atoms with Crippen LogP contribution in [0.15, 0.2) is 0 Å². The molecule has 10 heteroatoms. The number of rotatable bonds is 2. The number of amides is 3. The summed E-state index contributed by atoms with van der Waals surface area (Å²) >= 11 is 0. The lowest BCUT2D eigenvalue weighted by atomic mass is 9.86. The first-order chi connectivity index (χ1) is 9.65. The van der Waals surface area contributed by atoms with Crippen molar-refractivity contribution in [3.05, 3.63) is 0 Å². The fourth-order valence-electron chi connectivity index (χ4n) is 2.48. The van der Waals surface area contributed by atoms with Gasteiger partial charge in [0.15, 0.2) is 5.41 Å². The second-order valence-corrected chi connectivity index (χ2v) is 5.21. The smallest absolute Gasteiger partial charge is 0.406 e. The van der Waals surface area contributed by atoms with Crippen LogP contribution < -0.4 is 10.6 Å². The van der Waals surface area contributed by atoms with Crippen molar-refractivity contribution in [1.29, 1.82) is 0 Å². The number of hydrogen-bond acceptors (Lipinski definition) is 3. The summed E-state index contributed by atoms with van der Waals surface area (Å²) in [5, 5.41) is 13.8. The Hall–Kier alpha value is -2.00. The molecule has 0 aromatic carbocycles. The van der Waals surface area contributed by atoms with Crippen molar-refractivity contribution in [3.63, 3.8) is 0 Å². The van der Waals surface area contributed by atoms with Crippen molar-refractivity contribution in [3.8, 4) is 0 Å². The molecule has 3 N–H and O–H groups in total. The summed E-state index contributed by atoms with van der Waals surface area (Å²) in [6, 6.07) is -1.28. The van der Waals surface area contributed by atoms with Crippen LogP contribution in [0.4, 0.5) is 18.0 Å².